The van der Waals surface area contributed by atoms with Gasteiger partial charge in [-0.1, -0.05) is 13.0 Å². The normalized spacial score (nSPS) is 20.4. The van der Waals surface area contributed by atoms with Crippen molar-refractivity contribution in [2.45, 2.75) is 51.4 Å². The summed E-state index contributed by atoms with van der Waals surface area (Å²) >= 11 is 0. The number of rotatable bonds is 8. The van der Waals surface area contributed by atoms with Gasteiger partial charge < -0.3 is 26.6 Å². The van der Waals surface area contributed by atoms with E-state index in [-0.39, 0.29) is 32.0 Å². The van der Waals surface area contributed by atoms with E-state index >= 15 is 0 Å². The van der Waals surface area contributed by atoms with Crippen LogP contribution < -0.4 is 16.4 Å². The van der Waals surface area contributed by atoms with E-state index in [0.717, 1.165) is 0 Å². The first-order valence-electron chi connectivity index (χ1n) is 9.67. The molecule has 0 spiro atoms. The standard InChI is InChI=1S/C20H31FN4O4/c1-12(19(28)29)7-17(26)15(23)9-24-10-18(27)25(11-20(24,2)3)16-6-4-5-14(21)13(16)8-22/h4-6,12,15,17,26H,7-11,22-23H2,1-3H3,(H,28,29). The Kier molecular flexibility index (Phi) is 7.34. The molecular formula is C20H31FN4O4. The van der Waals surface area contributed by atoms with Crippen LogP contribution in [0.25, 0.3) is 0 Å². The number of benzene rings is 1. The second kappa shape index (κ2) is 9.17. The summed E-state index contributed by atoms with van der Waals surface area (Å²) in [5.74, 6) is -2.38. The highest BCUT2D eigenvalue weighted by Crippen LogP contribution is 2.30. The zero-order chi connectivity index (χ0) is 21.9. The van der Waals surface area contributed by atoms with E-state index in [4.69, 9.17) is 16.6 Å². The molecule has 0 bridgehead atoms. The number of hydrogen-bond acceptors (Lipinski definition) is 6. The topological polar surface area (TPSA) is 133 Å². The van der Waals surface area contributed by atoms with Gasteiger partial charge in [0.25, 0.3) is 0 Å². The van der Waals surface area contributed by atoms with Crippen LogP contribution in [0.15, 0.2) is 18.2 Å². The molecule has 1 aromatic rings. The summed E-state index contributed by atoms with van der Waals surface area (Å²) in [6.07, 6.45) is -0.967. The predicted octanol–water partition coefficient (Wildman–Crippen LogP) is 0.511. The summed E-state index contributed by atoms with van der Waals surface area (Å²) in [4.78, 5) is 27.2. The summed E-state index contributed by atoms with van der Waals surface area (Å²) in [6, 6.07) is 3.84. The molecule has 1 aromatic carbocycles. The number of anilines is 1. The molecule has 1 aliphatic heterocycles. The van der Waals surface area contributed by atoms with Crippen molar-refractivity contribution in [1.82, 2.24) is 4.90 Å². The fourth-order valence-corrected chi connectivity index (χ4v) is 3.59. The number of carboxylic acids is 1. The number of piperazine rings is 1. The van der Waals surface area contributed by atoms with Crippen LogP contribution in [-0.4, -0.2) is 64.3 Å². The van der Waals surface area contributed by atoms with Crippen molar-refractivity contribution in [3.05, 3.63) is 29.6 Å². The Balaban J connectivity index is 2.13. The molecular weight excluding hydrogens is 379 g/mol. The minimum Gasteiger partial charge on any atom is -0.481 e. The van der Waals surface area contributed by atoms with Gasteiger partial charge >= 0.3 is 5.97 Å². The van der Waals surface area contributed by atoms with Crippen LogP contribution in [0.2, 0.25) is 0 Å². The number of carboxylic acid groups (broad SMARTS) is 1. The van der Waals surface area contributed by atoms with Gasteiger partial charge in [-0.05, 0) is 32.4 Å². The number of aliphatic carboxylic acids is 1. The maximum Gasteiger partial charge on any atom is 0.306 e. The lowest BCUT2D eigenvalue weighted by Gasteiger charge is -2.48. The second-order valence-electron chi connectivity index (χ2n) is 8.32. The lowest BCUT2D eigenvalue weighted by Crippen LogP contribution is -2.64. The molecule has 0 aromatic heterocycles. The van der Waals surface area contributed by atoms with Crippen LogP contribution in [0.1, 0.15) is 32.8 Å². The molecule has 162 valence electrons. The predicted molar refractivity (Wildman–Crippen MR) is 108 cm³/mol. The number of carbonyl (C=O) groups is 2. The third-order valence-corrected chi connectivity index (χ3v) is 5.56. The fraction of sp³-hybridized carbons (Fsp3) is 0.600. The average Bonchev–Trinajstić information content (AvgIpc) is 2.64. The SMILES string of the molecule is CC(CC(O)C(N)CN1CC(=O)N(c2cccc(F)c2CN)CC1(C)C)C(=O)O. The Hall–Kier alpha value is -2.07. The first-order chi connectivity index (χ1) is 13.5. The van der Waals surface area contributed by atoms with Gasteiger partial charge in [0.1, 0.15) is 5.82 Å². The van der Waals surface area contributed by atoms with Crippen molar-refractivity contribution in [2.24, 2.45) is 17.4 Å². The summed E-state index contributed by atoms with van der Waals surface area (Å²) in [5, 5.41) is 19.3. The Bertz CT molecular complexity index is 758. The average molecular weight is 410 g/mol. The van der Waals surface area contributed by atoms with Crippen LogP contribution in [-0.2, 0) is 16.1 Å². The Morgan fingerprint density at radius 2 is 2.03 bits per heavy atom. The van der Waals surface area contributed by atoms with E-state index in [1.165, 1.54) is 17.9 Å². The number of nitrogens with zero attached hydrogens (tertiary/aromatic N) is 2. The fourth-order valence-electron chi connectivity index (χ4n) is 3.59. The third-order valence-electron chi connectivity index (χ3n) is 5.56. The molecule has 1 aliphatic rings. The van der Waals surface area contributed by atoms with Crippen molar-refractivity contribution in [3.63, 3.8) is 0 Å². The largest absolute Gasteiger partial charge is 0.481 e. The molecule has 0 saturated carbocycles. The first-order valence-corrected chi connectivity index (χ1v) is 9.67. The number of hydrogen-bond donors (Lipinski definition) is 4. The smallest absolute Gasteiger partial charge is 0.306 e. The molecule has 1 fully saturated rings. The number of halogens is 1. The lowest BCUT2D eigenvalue weighted by atomic mass is 9.94. The van der Waals surface area contributed by atoms with E-state index in [9.17, 15) is 19.1 Å². The highest BCUT2D eigenvalue weighted by atomic mass is 19.1. The van der Waals surface area contributed by atoms with Crippen molar-refractivity contribution < 1.29 is 24.2 Å². The van der Waals surface area contributed by atoms with Crippen molar-refractivity contribution in [2.75, 3.05) is 24.5 Å². The van der Waals surface area contributed by atoms with Crippen LogP contribution in [0.5, 0.6) is 0 Å². The molecule has 1 heterocycles. The number of aliphatic hydroxyl groups excluding tert-OH is 1. The molecule has 8 nitrogen and oxygen atoms in total. The van der Waals surface area contributed by atoms with E-state index in [0.29, 0.717) is 17.8 Å². The van der Waals surface area contributed by atoms with E-state index in [1.807, 2.05) is 18.7 Å². The van der Waals surface area contributed by atoms with Gasteiger partial charge in [-0.15, -0.1) is 0 Å². The number of aliphatic hydroxyl groups is 1. The summed E-state index contributed by atoms with van der Waals surface area (Å²) < 4.78 is 14.1. The maximum atomic E-state index is 14.1. The molecule has 29 heavy (non-hydrogen) atoms. The van der Waals surface area contributed by atoms with E-state index in [2.05, 4.69) is 0 Å². The quantitative estimate of drug-likeness (QED) is 0.491. The highest BCUT2D eigenvalue weighted by Gasteiger charge is 2.40. The molecule has 2 rings (SSSR count). The zero-order valence-corrected chi connectivity index (χ0v) is 17.1. The summed E-state index contributed by atoms with van der Waals surface area (Å²) in [5.41, 5.74) is 12.0. The minimum atomic E-state index is -1.00. The van der Waals surface area contributed by atoms with Gasteiger partial charge in [0, 0.05) is 36.8 Å². The van der Waals surface area contributed by atoms with Crippen LogP contribution >= 0.6 is 0 Å². The number of amides is 1. The van der Waals surface area contributed by atoms with Crippen molar-refractivity contribution >= 4 is 17.6 Å². The van der Waals surface area contributed by atoms with Gasteiger partial charge in [0.2, 0.25) is 5.91 Å². The minimum absolute atomic E-state index is 0.0191. The molecule has 1 saturated heterocycles. The van der Waals surface area contributed by atoms with Crippen molar-refractivity contribution in [3.8, 4) is 0 Å². The number of carbonyl (C=O) groups excluding carboxylic acids is 1. The Morgan fingerprint density at radius 1 is 1.38 bits per heavy atom. The van der Waals surface area contributed by atoms with Crippen LogP contribution in [0, 0.1) is 11.7 Å². The second-order valence-corrected chi connectivity index (χ2v) is 8.32. The molecule has 0 aliphatic carbocycles. The molecule has 6 N–H and O–H groups in total. The molecule has 3 unspecified atom stereocenters. The van der Waals surface area contributed by atoms with Crippen molar-refractivity contribution in [1.29, 1.82) is 0 Å². The molecule has 3 atom stereocenters. The first kappa shape index (κ1) is 23.2. The van der Waals surface area contributed by atoms with Gasteiger partial charge in [-0.3, -0.25) is 14.5 Å². The van der Waals surface area contributed by atoms with Crippen LogP contribution in [0.4, 0.5) is 10.1 Å². The maximum absolute atomic E-state index is 14.1. The number of nitrogens with two attached hydrogens (primary N) is 2. The van der Waals surface area contributed by atoms with Gasteiger partial charge in [0.15, 0.2) is 0 Å². The monoisotopic (exact) mass is 410 g/mol. The zero-order valence-electron chi connectivity index (χ0n) is 17.1. The van der Waals surface area contributed by atoms with Gasteiger partial charge in [-0.2, -0.15) is 0 Å². The summed E-state index contributed by atoms with van der Waals surface area (Å²) in [6.45, 7) is 5.94. The Labute approximate surface area is 170 Å². The highest BCUT2D eigenvalue weighted by molar-refractivity contribution is 5.96. The van der Waals surface area contributed by atoms with Crippen LogP contribution in [0.3, 0.4) is 0 Å². The molecule has 0 radical (unpaired) electrons. The molecule has 1 amide bonds. The lowest BCUT2D eigenvalue weighted by molar-refractivity contribution is -0.142. The van der Waals surface area contributed by atoms with E-state index < -0.39 is 35.4 Å². The molecule has 9 heteroatoms. The third kappa shape index (κ3) is 5.30. The van der Waals surface area contributed by atoms with Gasteiger partial charge in [0.05, 0.1) is 24.3 Å². The summed E-state index contributed by atoms with van der Waals surface area (Å²) in [7, 11) is 0. The van der Waals surface area contributed by atoms with Gasteiger partial charge in [-0.25, -0.2) is 4.39 Å². The Morgan fingerprint density at radius 3 is 2.62 bits per heavy atom. The van der Waals surface area contributed by atoms with E-state index in [1.54, 1.807) is 12.1 Å².